The van der Waals surface area contributed by atoms with Crippen LogP contribution in [0.3, 0.4) is 0 Å². The zero-order valence-electron chi connectivity index (χ0n) is 19.8. The van der Waals surface area contributed by atoms with Gasteiger partial charge in [-0.3, -0.25) is 4.79 Å². The van der Waals surface area contributed by atoms with E-state index in [2.05, 4.69) is 22.6 Å². The number of benzene rings is 2. The van der Waals surface area contributed by atoms with Crippen LogP contribution in [-0.2, 0) is 16.1 Å². The number of nitrogens with zero attached hydrogens (tertiary/aromatic N) is 2. The number of carbonyl (C=O) groups is 3. The largest absolute Gasteiger partial charge is 0.480 e. The highest BCUT2D eigenvalue weighted by Gasteiger charge is 2.38. The number of aliphatic carboxylic acids is 1. The topological polar surface area (TPSA) is 122 Å². The molecule has 2 aromatic carbocycles. The molecule has 1 aromatic heterocycles. The number of ether oxygens (including phenoxy) is 1. The molecular formula is C26H27N3O6. The molecule has 0 saturated carbocycles. The van der Waals surface area contributed by atoms with Gasteiger partial charge in [0.15, 0.2) is 11.5 Å². The van der Waals surface area contributed by atoms with Crippen LogP contribution in [0.5, 0.6) is 0 Å². The number of rotatable bonds is 8. The summed E-state index contributed by atoms with van der Waals surface area (Å²) in [6.07, 6.45) is -0.627. The first-order chi connectivity index (χ1) is 16.7. The number of carboxylic acids is 1. The Bertz CT molecular complexity index is 1220. The van der Waals surface area contributed by atoms with Crippen LogP contribution >= 0.6 is 0 Å². The van der Waals surface area contributed by atoms with E-state index in [-0.39, 0.29) is 37.1 Å². The number of carboxylic acid groups (broad SMARTS) is 1. The molecule has 2 N–H and O–H groups in total. The van der Waals surface area contributed by atoms with Gasteiger partial charge < -0.3 is 24.6 Å². The minimum Gasteiger partial charge on any atom is -0.480 e. The van der Waals surface area contributed by atoms with E-state index in [9.17, 15) is 19.5 Å². The second kappa shape index (κ2) is 9.61. The minimum atomic E-state index is -1.41. The van der Waals surface area contributed by atoms with Crippen LogP contribution in [-0.4, -0.2) is 51.8 Å². The molecule has 0 unspecified atom stereocenters. The standard InChI is InChI=1S/C26H27N3O6/c1-4-29(26(2,3)24(31)32)23(30)22-13-16(35-28-22)14-27-25(33)34-15-21-19-11-7-5-9-17(19)18-10-6-8-12-20(18)21/h5-13,21H,4,14-15H2,1-3H3,(H,27,33)(H,31,32). The Kier molecular flexibility index (Phi) is 6.59. The molecule has 9 nitrogen and oxygen atoms in total. The molecule has 0 spiro atoms. The van der Waals surface area contributed by atoms with Crippen LogP contribution in [0.4, 0.5) is 4.79 Å². The number of hydrogen-bond donors (Lipinski definition) is 2. The molecule has 3 aromatic rings. The molecular weight excluding hydrogens is 450 g/mol. The maximum absolute atomic E-state index is 12.8. The van der Waals surface area contributed by atoms with E-state index >= 15 is 0 Å². The van der Waals surface area contributed by atoms with Gasteiger partial charge in [-0.05, 0) is 43.0 Å². The zero-order chi connectivity index (χ0) is 25.2. The highest BCUT2D eigenvalue weighted by atomic mass is 16.5. The summed E-state index contributed by atoms with van der Waals surface area (Å²) in [4.78, 5) is 37.8. The van der Waals surface area contributed by atoms with Crippen molar-refractivity contribution in [3.63, 3.8) is 0 Å². The minimum absolute atomic E-state index is 0.0363. The highest BCUT2D eigenvalue weighted by molar-refractivity contribution is 5.96. The fourth-order valence-electron chi connectivity index (χ4n) is 4.35. The van der Waals surface area contributed by atoms with Gasteiger partial charge in [-0.2, -0.15) is 0 Å². The zero-order valence-corrected chi connectivity index (χ0v) is 19.8. The van der Waals surface area contributed by atoms with E-state index in [0.29, 0.717) is 0 Å². The van der Waals surface area contributed by atoms with Crippen molar-refractivity contribution in [2.75, 3.05) is 13.2 Å². The number of amides is 2. The Morgan fingerprint density at radius 2 is 1.69 bits per heavy atom. The second-order valence-electron chi connectivity index (χ2n) is 8.77. The van der Waals surface area contributed by atoms with Gasteiger partial charge in [0.05, 0.1) is 6.54 Å². The van der Waals surface area contributed by atoms with Crippen molar-refractivity contribution in [2.45, 2.75) is 38.8 Å². The van der Waals surface area contributed by atoms with Crippen molar-refractivity contribution in [3.05, 3.63) is 77.2 Å². The molecule has 4 rings (SSSR count). The normalized spacial score (nSPS) is 12.5. The Labute approximate surface area is 202 Å². The molecule has 0 radical (unpaired) electrons. The maximum atomic E-state index is 12.8. The van der Waals surface area contributed by atoms with Crippen LogP contribution in [0.15, 0.2) is 59.1 Å². The van der Waals surface area contributed by atoms with Crippen LogP contribution in [0.2, 0.25) is 0 Å². The van der Waals surface area contributed by atoms with E-state index in [0.717, 1.165) is 22.3 Å². The first kappa shape index (κ1) is 24.0. The first-order valence-corrected chi connectivity index (χ1v) is 11.3. The number of aromatic nitrogens is 1. The van der Waals surface area contributed by atoms with E-state index in [1.54, 1.807) is 6.92 Å². The number of nitrogens with one attached hydrogen (secondary N) is 1. The van der Waals surface area contributed by atoms with Crippen LogP contribution in [0.1, 0.15) is 54.1 Å². The summed E-state index contributed by atoms with van der Waals surface area (Å²) in [7, 11) is 0. The number of carbonyl (C=O) groups excluding carboxylic acids is 2. The van der Waals surface area contributed by atoms with Crippen LogP contribution in [0, 0.1) is 0 Å². The predicted molar refractivity (Wildman–Crippen MR) is 127 cm³/mol. The second-order valence-corrected chi connectivity index (χ2v) is 8.77. The first-order valence-electron chi connectivity index (χ1n) is 11.3. The molecule has 1 heterocycles. The summed E-state index contributed by atoms with van der Waals surface area (Å²) in [6.45, 7) is 4.88. The average Bonchev–Trinajstić information content (AvgIpc) is 3.44. The number of alkyl carbamates (subject to hydrolysis) is 1. The quantitative estimate of drug-likeness (QED) is 0.502. The van der Waals surface area contributed by atoms with Gasteiger partial charge in [-0.1, -0.05) is 53.7 Å². The lowest BCUT2D eigenvalue weighted by atomic mass is 9.98. The summed E-state index contributed by atoms with van der Waals surface area (Å²) < 4.78 is 10.6. The van der Waals surface area contributed by atoms with Gasteiger partial charge in [-0.25, -0.2) is 9.59 Å². The SMILES string of the molecule is CCN(C(=O)c1cc(CNC(=O)OCC2c3ccccc3-c3ccccc32)on1)C(C)(C)C(=O)O. The fourth-order valence-corrected chi connectivity index (χ4v) is 4.35. The molecule has 1 aliphatic carbocycles. The average molecular weight is 478 g/mol. The lowest BCUT2D eigenvalue weighted by Crippen LogP contribution is -2.53. The van der Waals surface area contributed by atoms with Gasteiger partial charge in [-0.15, -0.1) is 0 Å². The van der Waals surface area contributed by atoms with Gasteiger partial charge in [0.25, 0.3) is 5.91 Å². The van der Waals surface area contributed by atoms with E-state index in [1.807, 2.05) is 36.4 Å². The monoisotopic (exact) mass is 477 g/mol. The lowest BCUT2D eigenvalue weighted by Gasteiger charge is -2.33. The van der Waals surface area contributed by atoms with Crippen molar-refractivity contribution in [3.8, 4) is 11.1 Å². The van der Waals surface area contributed by atoms with Crippen molar-refractivity contribution in [2.24, 2.45) is 0 Å². The molecule has 35 heavy (non-hydrogen) atoms. The Balaban J connectivity index is 1.35. The molecule has 1 aliphatic rings. The lowest BCUT2D eigenvalue weighted by molar-refractivity contribution is -0.147. The molecule has 182 valence electrons. The van der Waals surface area contributed by atoms with Gasteiger partial charge in [0, 0.05) is 18.5 Å². The number of likely N-dealkylation sites (N-methyl/N-ethyl adjacent to an activating group) is 1. The van der Waals surface area contributed by atoms with Crippen LogP contribution < -0.4 is 5.32 Å². The van der Waals surface area contributed by atoms with Crippen molar-refractivity contribution in [1.82, 2.24) is 15.4 Å². The third kappa shape index (κ3) is 4.62. The van der Waals surface area contributed by atoms with Gasteiger partial charge in [0.1, 0.15) is 12.1 Å². The number of hydrogen-bond acceptors (Lipinski definition) is 6. The summed E-state index contributed by atoms with van der Waals surface area (Å²) >= 11 is 0. The maximum Gasteiger partial charge on any atom is 0.407 e. The molecule has 9 heteroatoms. The van der Waals surface area contributed by atoms with E-state index in [4.69, 9.17) is 9.26 Å². The predicted octanol–water partition coefficient (Wildman–Crippen LogP) is 4.04. The van der Waals surface area contributed by atoms with E-state index < -0.39 is 23.5 Å². The fraction of sp³-hybridized carbons (Fsp3) is 0.308. The van der Waals surface area contributed by atoms with Crippen molar-refractivity contribution < 1.29 is 28.8 Å². The third-order valence-electron chi connectivity index (χ3n) is 6.29. The molecule has 0 saturated heterocycles. The smallest absolute Gasteiger partial charge is 0.407 e. The summed E-state index contributed by atoms with van der Waals surface area (Å²) in [5.74, 6) is -1.52. The Morgan fingerprint density at radius 1 is 1.09 bits per heavy atom. The van der Waals surface area contributed by atoms with Crippen LogP contribution in [0.25, 0.3) is 11.1 Å². The van der Waals surface area contributed by atoms with Crippen molar-refractivity contribution in [1.29, 1.82) is 0 Å². The summed E-state index contributed by atoms with van der Waals surface area (Å²) in [6, 6.07) is 17.5. The molecule has 0 atom stereocenters. The summed E-state index contributed by atoms with van der Waals surface area (Å²) in [5.41, 5.74) is 3.07. The molecule has 0 bridgehead atoms. The molecule has 0 aliphatic heterocycles. The third-order valence-corrected chi connectivity index (χ3v) is 6.29. The summed E-state index contributed by atoms with van der Waals surface area (Å²) in [5, 5.41) is 15.8. The Hall–Kier alpha value is -4.14. The van der Waals surface area contributed by atoms with Crippen molar-refractivity contribution >= 4 is 18.0 Å². The van der Waals surface area contributed by atoms with Gasteiger partial charge in [0.2, 0.25) is 0 Å². The Morgan fingerprint density at radius 3 is 2.26 bits per heavy atom. The highest BCUT2D eigenvalue weighted by Crippen LogP contribution is 2.44. The molecule has 2 amide bonds. The van der Waals surface area contributed by atoms with Gasteiger partial charge >= 0.3 is 12.1 Å². The van der Waals surface area contributed by atoms with E-state index in [1.165, 1.54) is 24.8 Å². The molecule has 0 fully saturated rings. The number of fused-ring (bicyclic) bond motifs is 3.